The molecule has 3 rings (SSSR count). The average molecular weight is 519 g/mol. The first kappa shape index (κ1) is 30.1. The summed E-state index contributed by atoms with van der Waals surface area (Å²) in [5, 5.41) is 26.9. The molecule has 0 aliphatic heterocycles. The van der Waals surface area contributed by atoms with Gasteiger partial charge in [0.2, 0.25) is 5.91 Å². The zero-order valence-corrected chi connectivity index (χ0v) is 20.5. The monoisotopic (exact) mass is 518 g/mol. The first-order valence-corrected chi connectivity index (χ1v) is 12.0. The van der Waals surface area contributed by atoms with Gasteiger partial charge < -0.3 is 21.1 Å². The molecule has 1 fully saturated rings. The van der Waals surface area contributed by atoms with Gasteiger partial charge in [0.05, 0.1) is 12.6 Å². The average Bonchev–Trinajstić information content (AvgIpc) is 3.43. The SMILES string of the molecule is C.C[C@@H](O)[C@H](NC(=O)c1ccc(C#CC#Cc2ccc(NC(=O)CNC3CCCC3)cc2)cc1)C(=O)NO. The van der Waals surface area contributed by atoms with Crippen molar-refractivity contribution in [2.45, 2.75) is 58.2 Å². The molecule has 1 saturated carbocycles. The maximum atomic E-state index is 12.3. The van der Waals surface area contributed by atoms with Crippen LogP contribution in [0.15, 0.2) is 48.5 Å². The molecule has 0 aromatic heterocycles. The molecule has 0 spiro atoms. The van der Waals surface area contributed by atoms with Gasteiger partial charge in [-0.3, -0.25) is 19.6 Å². The molecular weight excluding hydrogens is 484 g/mol. The fraction of sp³-hybridized carbons (Fsp3) is 0.345. The number of benzene rings is 2. The van der Waals surface area contributed by atoms with Crippen molar-refractivity contribution in [3.63, 3.8) is 0 Å². The van der Waals surface area contributed by atoms with Crippen LogP contribution < -0.4 is 21.4 Å². The van der Waals surface area contributed by atoms with Gasteiger partial charge in [-0.05, 0) is 80.1 Å². The van der Waals surface area contributed by atoms with E-state index in [1.807, 2.05) is 0 Å². The quantitative estimate of drug-likeness (QED) is 0.180. The van der Waals surface area contributed by atoms with Crippen LogP contribution in [0.4, 0.5) is 5.69 Å². The summed E-state index contributed by atoms with van der Waals surface area (Å²) in [6.07, 6.45) is 3.50. The zero-order chi connectivity index (χ0) is 26.6. The number of rotatable bonds is 8. The Hall–Kier alpha value is -4.15. The van der Waals surface area contributed by atoms with E-state index in [4.69, 9.17) is 5.21 Å². The second-order valence-electron chi connectivity index (χ2n) is 8.73. The molecule has 0 bridgehead atoms. The number of nitrogens with one attached hydrogen (secondary N) is 4. The van der Waals surface area contributed by atoms with Crippen molar-refractivity contribution in [1.82, 2.24) is 16.1 Å². The topological polar surface area (TPSA) is 140 Å². The summed E-state index contributed by atoms with van der Waals surface area (Å²) in [4.78, 5) is 36.0. The molecule has 1 aliphatic rings. The fourth-order valence-corrected chi connectivity index (χ4v) is 3.82. The van der Waals surface area contributed by atoms with Crippen molar-refractivity contribution >= 4 is 23.4 Å². The van der Waals surface area contributed by atoms with Crippen LogP contribution in [-0.2, 0) is 9.59 Å². The molecule has 200 valence electrons. The van der Waals surface area contributed by atoms with Crippen LogP contribution in [0.2, 0.25) is 0 Å². The van der Waals surface area contributed by atoms with Crippen molar-refractivity contribution in [2.75, 3.05) is 11.9 Å². The number of aliphatic hydroxyl groups excluding tert-OH is 1. The molecule has 0 radical (unpaired) electrons. The van der Waals surface area contributed by atoms with Gasteiger partial charge >= 0.3 is 0 Å². The molecule has 0 heterocycles. The fourth-order valence-electron chi connectivity index (χ4n) is 3.82. The van der Waals surface area contributed by atoms with Crippen molar-refractivity contribution in [3.05, 3.63) is 65.2 Å². The molecule has 1 aliphatic carbocycles. The highest BCUT2D eigenvalue weighted by molar-refractivity contribution is 5.97. The van der Waals surface area contributed by atoms with Gasteiger partial charge in [0.1, 0.15) is 6.04 Å². The third-order valence-corrected chi connectivity index (χ3v) is 5.86. The van der Waals surface area contributed by atoms with E-state index in [0.717, 1.165) is 18.4 Å². The minimum absolute atomic E-state index is 0. The summed E-state index contributed by atoms with van der Waals surface area (Å²) < 4.78 is 0. The highest BCUT2D eigenvalue weighted by atomic mass is 16.5. The van der Waals surface area contributed by atoms with E-state index in [-0.39, 0.29) is 18.9 Å². The van der Waals surface area contributed by atoms with Gasteiger partial charge in [-0.1, -0.05) is 32.1 Å². The first-order valence-electron chi connectivity index (χ1n) is 12.0. The number of anilines is 1. The van der Waals surface area contributed by atoms with Crippen molar-refractivity contribution < 1.29 is 24.7 Å². The Morgan fingerprint density at radius 2 is 1.50 bits per heavy atom. The second-order valence-corrected chi connectivity index (χ2v) is 8.73. The predicted molar refractivity (Wildman–Crippen MR) is 145 cm³/mol. The molecule has 9 nitrogen and oxygen atoms in total. The molecule has 0 unspecified atom stereocenters. The summed E-state index contributed by atoms with van der Waals surface area (Å²) in [5.41, 5.74) is 3.76. The Bertz CT molecular complexity index is 1210. The van der Waals surface area contributed by atoms with Gasteiger partial charge in [0, 0.05) is 28.4 Å². The molecule has 38 heavy (non-hydrogen) atoms. The van der Waals surface area contributed by atoms with Gasteiger partial charge in [-0.15, -0.1) is 0 Å². The number of amides is 3. The van der Waals surface area contributed by atoms with Crippen molar-refractivity contribution in [1.29, 1.82) is 0 Å². The van der Waals surface area contributed by atoms with Crippen LogP contribution in [0.1, 0.15) is 61.5 Å². The Balaban J connectivity index is 0.00000507. The number of carbonyl (C=O) groups excluding carboxylic acids is 3. The van der Waals surface area contributed by atoms with E-state index in [0.29, 0.717) is 23.8 Å². The predicted octanol–water partition coefficient (Wildman–Crippen LogP) is 2.18. The zero-order valence-electron chi connectivity index (χ0n) is 20.5. The lowest BCUT2D eigenvalue weighted by molar-refractivity contribution is -0.133. The van der Waals surface area contributed by atoms with Crippen LogP contribution >= 0.6 is 0 Å². The van der Waals surface area contributed by atoms with Crippen molar-refractivity contribution in [3.8, 4) is 23.7 Å². The Labute approximate surface area is 223 Å². The van der Waals surface area contributed by atoms with Crippen LogP contribution in [0.25, 0.3) is 0 Å². The molecule has 2 aromatic rings. The minimum atomic E-state index is -1.30. The molecule has 2 aromatic carbocycles. The lowest BCUT2D eigenvalue weighted by Gasteiger charge is -2.19. The highest BCUT2D eigenvalue weighted by Crippen LogP contribution is 2.17. The molecule has 9 heteroatoms. The number of carbonyl (C=O) groups is 3. The largest absolute Gasteiger partial charge is 0.391 e. The molecule has 6 N–H and O–H groups in total. The maximum Gasteiger partial charge on any atom is 0.268 e. The van der Waals surface area contributed by atoms with E-state index in [1.54, 1.807) is 36.4 Å². The second kappa shape index (κ2) is 15.2. The third-order valence-electron chi connectivity index (χ3n) is 5.86. The summed E-state index contributed by atoms with van der Waals surface area (Å²) >= 11 is 0. The number of hydrogen-bond acceptors (Lipinski definition) is 6. The maximum absolute atomic E-state index is 12.3. The molecule has 2 atom stereocenters. The van der Waals surface area contributed by atoms with Crippen LogP contribution in [0.3, 0.4) is 0 Å². The normalized spacial score (nSPS) is 13.9. The Morgan fingerprint density at radius 1 is 0.947 bits per heavy atom. The number of hydroxylamine groups is 1. The van der Waals surface area contributed by atoms with Crippen molar-refractivity contribution in [2.24, 2.45) is 0 Å². The van der Waals surface area contributed by atoms with E-state index < -0.39 is 24.0 Å². The molecule has 0 saturated heterocycles. The summed E-state index contributed by atoms with van der Waals surface area (Å²) in [6.45, 7) is 1.62. The van der Waals surface area contributed by atoms with Gasteiger partial charge in [0.15, 0.2) is 0 Å². The number of aliphatic hydroxyl groups is 1. The highest BCUT2D eigenvalue weighted by Gasteiger charge is 2.25. The lowest BCUT2D eigenvalue weighted by Crippen LogP contribution is -2.51. The lowest BCUT2D eigenvalue weighted by atomic mass is 10.1. The summed E-state index contributed by atoms with van der Waals surface area (Å²) in [5.74, 6) is 9.78. The third kappa shape index (κ3) is 9.38. The Kier molecular flexibility index (Phi) is 12.0. The molecular formula is C29H34N4O5. The van der Waals surface area contributed by atoms with E-state index in [9.17, 15) is 19.5 Å². The van der Waals surface area contributed by atoms with E-state index in [1.165, 1.54) is 37.4 Å². The van der Waals surface area contributed by atoms with Gasteiger partial charge in [-0.2, -0.15) is 0 Å². The van der Waals surface area contributed by atoms with Gasteiger partial charge in [0.25, 0.3) is 11.8 Å². The number of hydrogen-bond donors (Lipinski definition) is 6. The van der Waals surface area contributed by atoms with Crippen LogP contribution in [0.5, 0.6) is 0 Å². The van der Waals surface area contributed by atoms with E-state index in [2.05, 4.69) is 39.6 Å². The summed E-state index contributed by atoms with van der Waals surface area (Å²) in [7, 11) is 0. The molecule has 3 amide bonds. The minimum Gasteiger partial charge on any atom is -0.391 e. The summed E-state index contributed by atoms with van der Waals surface area (Å²) in [6, 6.07) is 12.7. The van der Waals surface area contributed by atoms with Crippen LogP contribution in [-0.4, -0.2) is 52.8 Å². The first-order chi connectivity index (χ1) is 17.9. The van der Waals surface area contributed by atoms with Gasteiger partial charge in [-0.25, -0.2) is 5.48 Å². The Morgan fingerprint density at radius 3 is 2.03 bits per heavy atom. The van der Waals surface area contributed by atoms with E-state index >= 15 is 0 Å². The van der Waals surface area contributed by atoms with Crippen LogP contribution in [0, 0.1) is 23.7 Å². The smallest absolute Gasteiger partial charge is 0.268 e. The standard InChI is InChI=1S/C28H30N4O5.CH4/c1-19(33)26(28(36)32-37)31-27(35)22-14-10-20(11-15-22)6-2-3-7-21-12-16-24(17-13-21)30-25(34)18-29-23-8-4-5-9-23;/h10-17,19,23,26,29,33,37H,4-5,8-9,18H2,1H3,(H,30,34)(H,31,35)(H,32,36);1H4/t19-,26+;/m1./s1.